The van der Waals surface area contributed by atoms with Gasteiger partial charge in [0.05, 0.1) is 0 Å². The van der Waals surface area contributed by atoms with Gasteiger partial charge < -0.3 is 91.2 Å². The minimum Gasteiger partial charge on any atom is -0.413 e. The van der Waals surface area contributed by atoms with E-state index >= 15 is 0 Å². The summed E-state index contributed by atoms with van der Waals surface area (Å²) in [6.45, 7) is -1.87. The Labute approximate surface area is 196 Å². The Hall–Kier alpha value is -2.19. The number of fused-ring (bicyclic) bond motifs is 3. The fourth-order valence-electron chi connectivity index (χ4n) is 3.90. The van der Waals surface area contributed by atoms with Gasteiger partial charge >= 0.3 is 12.3 Å². The second-order valence-electron chi connectivity index (χ2n) is 8.06. The predicted molar refractivity (Wildman–Crippen MR) is 95.7 cm³/mol. The van der Waals surface area contributed by atoms with Crippen LogP contribution in [0.3, 0.4) is 0 Å². The van der Waals surface area contributed by atoms with Crippen LogP contribution < -0.4 is 9.47 Å². The average molecular weight is 531 g/mol. The van der Waals surface area contributed by atoms with Gasteiger partial charge in [0, 0.05) is 17.7 Å². The standard InChI is InChI=1S/C16H21NO19/c18-8-10(21,9(19)20)3-17-11(22,13(8,25)26)4-1-6(35-15(29,30)31)7(36-16(32,33)34)2-5(4)12(23,24)14(17,27)28/h1-2,9,19-34H,3H2. The number of rotatable bonds is 5. The molecule has 1 saturated heterocycles. The summed E-state index contributed by atoms with van der Waals surface area (Å²) in [5.74, 6) is -18.3. The lowest BCUT2D eigenvalue weighted by Gasteiger charge is -2.61. The highest BCUT2D eigenvalue weighted by molar-refractivity contribution is 5.96. The van der Waals surface area contributed by atoms with Gasteiger partial charge in [0.1, 0.15) is 0 Å². The van der Waals surface area contributed by atoms with E-state index in [1.807, 2.05) is 0 Å². The van der Waals surface area contributed by atoms with Gasteiger partial charge in [0.2, 0.25) is 11.5 Å². The molecular weight excluding hydrogens is 510 g/mol. The molecule has 20 heteroatoms. The molecule has 0 spiro atoms. The molecular formula is C16H21NO19. The molecule has 0 aromatic heterocycles. The highest BCUT2D eigenvalue weighted by atomic mass is 16.9. The topological polar surface area (TPSA) is 362 Å². The SMILES string of the molecule is O=C1C(O)(C(O)O)CN2C(O)(O)C(O)(O)c3cc(OC(O)(O)O)c(OC(O)(O)O)cc3C2(O)C1(O)O. The number of hydrogen-bond acceptors (Lipinski definition) is 20. The van der Waals surface area contributed by atoms with Crippen LogP contribution in [0.2, 0.25) is 0 Å². The highest BCUT2D eigenvalue weighted by Gasteiger charge is 2.79. The number of benzene rings is 1. The molecule has 20 nitrogen and oxygen atoms in total. The van der Waals surface area contributed by atoms with Crippen molar-refractivity contribution in [2.24, 2.45) is 0 Å². The van der Waals surface area contributed by atoms with Crippen molar-refractivity contribution < 1.29 is 96.0 Å². The number of ketones is 1. The highest BCUT2D eigenvalue weighted by Crippen LogP contribution is 2.56. The fraction of sp³-hybridized carbons (Fsp3) is 0.562. The Morgan fingerprint density at radius 2 is 1.17 bits per heavy atom. The Kier molecular flexibility index (Phi) is 6.04. The summed E-state index contributed by atoms with van der Waals surface area (Å²) in [5.41, 5.74) is -10.7. The smallest absolute Gasteiger partial charge is 0.413 e. The summed E-state index contributed by atoms with van der Waals surface area (Å²) in [6, 6.07) is 0.0953. The van der Waals surface area contributed by atoms with E-state index in [9.17, 15) is 55.9 Å². The number of piperidine rings is 1. The van der Waals surface area contributed by atoms with Gasteiger partial charge in [-0.2, -0.15) is 0 Å². The van der Waals surface area contributed by atoms with Gasteiger partial charge in [-0.15, -0.1) is 0 Å². The van der Waals surface area contributed by atoms with E-state index in [4.69, 9.17) is 30.6 Å². The fourth-order valence-corrected chi connectivity index (χ4v) is 3.90. The van der Waals surface area contributed by atoms with Crippen molar-refractivity contribution in [2.45, 2.75) is 47.4 Å². The van der Waals surface area contributed by atoms with Crippen molar-refractivity contribution in [2.75, 3.05) is 6.54 Å². The number of carbonyl (C=O) groups is 1. The largest absolute Gasteiger partial charge is 0.453 e. The van der Waals surface area contributed by atoms with E-state index in [1.54, 1.807) is 0 Å². The zero-order valence-corrected chi connectivity index (χ0v) is 17.3. The molecule has 0 saturated carbocycles. The maximum atomic E-state index is 12.6. The first-order valence-electron chi connectivity index (χ1n) is 9.23. The first kappa shape index (κ1) is 28.4. The molecule has 0 aliphatic carbocycles. The minimum absolute atomic E-state index is 0.0343. The normalized spacial score (nSPS) is 29.5. The molecule has 2 aliphatic heterocycles. The molecule has 1 fully saturated rings. The first-order valence-corrected chi connectivity index (χ1v) is 9.23. The van der Waals surface area contributed by atoms with Gasteiger partial charge in [0.15, 0.2) is 23.4 Å². The summed E-state index contributed by atoms with van der Waals surface area (Å²) < 4.78 is 8.32. The van der Waals surface area contributed by atoms with E-state index in [2.05, 4.69) is 9.47 Å². The van der Waals surface area contributed by atoms with Crippen LogP contribution in [-0.4, -0.2) is 135 Å². The van der Waals surface area contributed by atoms with Crippen LogP contribution >= 0.6 is 0 Å². The van der Waals surface area contributed by atoms with Crippen molar-refractivity contribution in [3.05, 3.63) is 23.3 Å². The zero-order chi connectivity index (χ0) is 28.1. The molecule has 204 valence electrons. The number of aliphatic hydroxyl groups excluding tert-OH is 1. The number of ether oxygens (including phenoxy) is 2. The molecule has 0 radical (unpaired) electrons. The van der Waals surface area contributed by atoms with Crippen molar-refractivity contribution in [1.29, 1.82) is 0 Å². The lowest BCUT2D eigenvalue weighted by Crippen LogP contribution is -2.86. The van der Waals surface area contributed by atoms with E-state index < -0.39 is 87.3 Å². The molecule has 3 rings (SSSR count). The molecule has 2 heterocycles. The van der Waals surface area contributed by atoms with Crippen molar-refractivity contribution >= 4 is 5.78 Å². The van der Waals surface area contributed by atoms with Crippen molar-refractivity contribution in [1.82, 2.24) is 4.90 Å². The van der Waals surface area contributed by atoms with E-state index in [0.29, 0.717) is 0 Å². The van der Waals surface area contributed by atoms with Crippen LogP contribution in [0.15, 0.2) is 12.1 Å². The van der Waals surface area contributed by atoms with Crippen LogP contribution in [0.25, 0.3) is 0 Å². The van der Waals surface area contributed by atoms with Crippen LogP contribution in [0, 0.1) is 0 Å². The number of nitrogens with zero attached hydrogens (tertiary/aromatic N) is 1. The Balaban J connectivity index is 2.44. The maximum absolute atomic E-state index is 12.6. The Morgan fingerprint density at radius 1 is 0.750 bits per heavy atom. The predicted octanol–water partition coefficient (Wildman–Crippen LogP) is -9.84. The maximum Gasteiger partial charge on any atom is 0.453 e. The third kappa shape index (κ3) is 3.83. The van der Waals surface area contributed by atoms with Gasteiger partial charge in [-0.25, -0.2) is 4.90 Å². The van der Waals surface area contributed by atoms with Crippen LogP contribution in [0.4, 0.5) is 0 Å². The molecule has 16 N–H and O–H groups in total. The first-order chi connectivity index (χ1) is 15.8. The third-order valence-electron chi connectivity index (χ3n) is 5.59. The molecule has 0 amide bonds. The van der Waals surface area contributed by atoms with Gasteiger partial charge in [-0.1, -0.05) is 0 Å². The van der Waals surface area contributed by atoms with Crippen LogP contribution in [-0.2, 0) is 16.3 Å². The molecule has 2 aliphatic rings. The molecule has 1 aromatic carbocycles. The summed E-state index contributed by atoms with van der Waals surface area (Å²) >= 11 is 0. The molecule has 1 aromatic rings. The number of Topliss-reactive ketones (excluding diaryl/α,β-unsaturated/α-hetero) is 1. The van der Waals surface area contributed by atoms with E-state index in [-0.39, 0.29) is 12.1 Å². The van der Waals surface area contributed by atoms with Gasteiger partial charge in [0.25, 0.3) is 17.5 Å². The lowest BCUT2D eigenvalue weighted by molar-refractivity contribution is -0.494. The summed E-state index contributed by atoms with van der Waals surface area (Å²) in [4.78, 5) is 12.0. The second kappa shape index (κ2) is 7.67. The monoisotopic (exact) mass is 531 g/mol. The van der Waals surface area contributed by atoms with Crippen LogP contribution in [0.5, 0.6) is 11.5 Å². The number of hydrogen-bond donors (Lipinski definition) is 16. The van der Waals surface area contributed by atoms with Crippen molar-refractivity contribution in [3.63, 3.8) is 0 Å². The third-order valence-corrected chi connectivity index (χ3v) is 5.59. The summed E-state index contributed by atoms with van der Waals surface area (Å²) in [6.07, 6.45) is -11.5. The minimum atomic E-state index is -4.51. The summed E-state index contributed by atoms with van der Waals surface area (Å²) in [7, 11) is 0. The molecule has 2 atom stereocenters. The van der Waals surface area contributed by atoms with Gasteiger partial charge in [-0.05, 0) is 12.1 Å². The van der Waals surface area contributed by atoms with Crippen molar-refractivity contribution in [3.8, 4) is 11.5 Å². The summed E-state index contributed by atoms with van der Waals surface area (Å²) in [5, 5.41) is 158. The average Bonchev–Trinajstić information content (AvgIpc) is 2.67. The molecule has 36 heavy (non-hydrogen) atoms. The molecule has 2 unspecified atom stereocenters. The van der Waals surface area contributed by atoms with E-state index in [1.165, 1.54) is 0 Å². The Morgan fingerprint density at radius 3 is 1.56 bits per heavy atom. The lowest BCUT2D eigenvalue weighted by atomic mass is 9.70. The zero-order valence-electron chi connectivity index (χ0n) is 17.3. The quantitative estimate of drug-likeness (QED) is 0.157. The van der Waals surface area contributed by atoms with Crippen LogP contribution in [0.1, 0.15) is 11.1 Å². The Bertz CT molecular complexity index is 1070. The number of aliphatic hydroxyl groups is 16. The second-order valence-corrected chi connectivity index (χ2v) is 8.06. The number of carbonyl (C=O) groups excluding carboxylic acids is 1. The van der Waals surface area contributed by atoms with Gasteiger partial charge in [-0.3, -0.25) is 4.79 Å². The van der Waals surface area contributed by atoms with E-state index in [0.717, 1.165) is 0 Å². The molecule has 0 bridgehead atoms.